The molecule has 1 aliphatic rings. The van der Waals surface area contributed by atoms with Crippen molar-refractivity contribution in [2.45, 2.75) is 20.3 Å². The summed E-state index contributed by atoms with van der Waals surface area (Å²) >= 11 is 0. The molecule has 0 aromatic heterocycles. The normalized spacial score (nSPS) is 18.7. The molecule has 1 rings (SSSR count). The smallest absolute Gasteiger partial charge is 0.233 e. The molecule has 0 bridgehead atoms. The molecule has 0 radical (unpaired) electrons. The number of carbonyl (C=O) groups is 1. The Balaban J connectivity index is 2.00. The first-order valence-corrected chi connectivity index (χ1v) is 5.21. The van der Waals surface area contributed by atoms with Crippen LogP contribution >= 0.6 is 0 Å². The van der Waals surface area contributed by atoms with Gasteiger partial charge in [-0.05, 0) is 6.42 Å². The lowest BCUT2D eigenvalue weighted by Gasteiger charge is -2.38. The van der Waals surface area contributed by atoms with Crippen LogP contribution < -0.4 is 10.6 Å². The third-order valence-electron chi connectivity index (χ3n) is 2.31. The van der Waals surface area contributed by atoms with Crippen molar-refractivity contribution in [2.24, 2.45) is 5.41 Å². The Hall–Kier alpha value is -0.610. The standard InChI is InChI=1S/C10H20N2O2/c1-3-4-12-9(13)5-11-6-10(2)7-14-8-10/h11H,3-8H2,1-2H3,(H,12,13). The number of rotatable bonds is 6. The molecule has 4 nitrogen and oxygen atoms in total. The lowest BCUT2D eigenvalue weighted by atomic mass is 9.89. The van der Waals surface area contributed by atoms with E-state index >= 15 is 0 Å². The van der Waals surface area contributed by atoms with Gasteiger partial charge in [-0.25, -0.2) is 0 Å². The monoisotopic (exact) mass is 200 g/mol. The van der Waals surface area contributed by atoms with E-state index in [9.17, 15) is 4.79 Å². The largest absolute Gasteiger partial charge is 0.380 e. The fourth-order valence-corrected chi connectivity index (χ4v) is 1.36. The van der Waals surface area contributed by atoms with E-state index < -0.39 is 0 Å². The minimum absolute atomic E-state index is 0.0793. The summed E-state index contributed by atoms with van der Waals surface area (Å²) in [5, 5.41) is 5.97. The minimum Gasteiger partial charge on any atom is -0.380 e. The molecule has 82 valence electrons. The molecule has 0 saturated carbocycles. The van der Waals surface area contributed by atoms with Gasteiger partial charge in [0.15, 0.2) is 0 Å². The summed E-state index contributed by atoms with van der Waals surface area (Å²) in [7, 11) is 0. The molecule has 0 atom stereocenters. The molecule has 0 aromatic rings. The van der Waals surface area contributed by atoms with Crippen molar-refractivity contribution < 1.29 is 9.53 Å². The van der Waals surface area contributed by atoms with Gasteiger partial charge in [0.2, 0.25) is 5.91 Å². The zero-order valence-corrected chi connectivity index (χ0v) is 9.06. The first-order chi connectivity index (χ1) is 6.66. The topological polar surface area (TPSA) is 50.4 Å². The van der Waals surface area contributed by atoms with Crippen molar-refractivity contribution in [1.29, 1.82) is 0 Å². The SMILES string of the molecule is CCCNC(=O)CNCC1(C)COC1. The van der Waals surface area contributed by atoms with Gasteiger partial charge >= 0.3 is 0 Å². The second-order valence-electron chi connectivity index (χ2n) is 4.26. The van der Waals surface area contributed by atoms with Gasteiger partial charge in [0.1, 0.15) is 0 Å². The molecule has 0 aliphatic carbocycles. The highest BCUT2D eigenvalue weighted by atomic mass is 16.5. The third kappa shape index (κ3) is 3.64. The van der Waals surface area contributed by atoms with Crippen LogP contribution in [0, 0.1) is 5.41 Å². The van der Waals surface area contributed by atoms with Crippen molar-refractivity contribution >= 4 is 5.91 Å². The highest BCUT2D eigenvalue weighted by molar-refractivity contribution is 5.77. The summed E-state index contributed by atoms with van der Waals surface area (Å²) in [6.07, 6.45) is 0.983. The highest BCUT2D eigenvalue weighted by Gasteiger charge is 2.32. The number of hydrogen-bond acceptors (Lipinski definition) is 3. The second-order valence-corrected chi connectivity index (χ2v) is 4.26. The molecule has 14 heavy (non-hydrogen) atoms. The molecular formula is C10H20N2O2. The van der Waals surface area contributed by atoms with Crippen molar-refractivity contribution in [3.63, 3.8) is 0 Å². The summed E-state index contributed by atoms with van der Waals surface area (Å²) in [5.74, 6) is 0.0793. The Morgan fingerprint density at radius 1 is 1.50 bits per heavy atom. The van der Waals surface area contributed by atoms with E-state index in [1.807, 2.05) is 6.92 Å². The summed E-state index contributed by atoms with van der Waals surface area (Å²) in [6, 6.07) is 0. The second kappa shape index (κ2) is 5.32. The number of hydrogen-bond donors (Lipinski definition) is 2. The van der Waals surface area contributed by atoms with Crippen LogP contribution in [-0.2, 0) is 9.53 Å². The molecule has 1 saturated heterocycles. The van der Waals surface area contributed by atoms with E-state index in [0.29, 0.717) is 6.54 Å². The van der Waals surface area contributed by atoms with Crippen LogP contribution in [0.25, 0.3) is 0 Å². The Kier molecular flexibility index (Phi) is 4.35. The molecular weight excluding hydrogens is 180 g/mol. The lowest BCUT2D eigenvalue weighted by molar-refractivity contribution is -0.121. The maximum atomic E-state index is 11.2. The van der Waals surface area contributed by atoms with Gasteiger partial charge in [-0.15, -0.1) is 0 Å². The van der Waals surface area contributed by atoms with Gasteiger partial charge in [0.25, 0.3) is 0 Å². The van der Waals surface area contributed by atoms with Gasteiger partial charge in [0, 0.05) is 18.5 Å². The zero-order valence-electron chi connectivity index (χ0n) is 9.06. The van der Waals surface area contributed by atoms with Crippen molar-refractivity contribution in [3.8, 4) is 0 Å². The molecule has 2 N–H and O–H groups in total. The summed E-state index contributed by atoms with van der Waals surface area (Å²) in [5.41, 5.74) is 0.241. The molecule has 4 heteroatoms. The van der Waals surface area contributed by atoms with Gasteiger partial charge < -0.3 is 15.4 Å². The average molecular weight is 200 g/mol. The van der Waals surface area contributed by atoms with E-state index in [2.05, 4.69) is 17.6 Å². The predicted molar refractivity (Wildman–Crippen MR) is 55.1 cm³/mol. The number of amides is 1. The lowest BCUT2D eigenvalue weighted by Crippen LogP contribution is -2.49. The summed E-state index contributed by atoms with van der Waals surface area (Å²) in [4.78, 5) is 11.2. The van der Waals surface area contributed by atoms with Crippen LogP contribution in [0.1, 0.15) is 20.3 Å². The van der Waals surface area contributed by atoms with Gasteiger partial charge in [-0.2, -0.15) is 0 Å². The van der Waals surface area contributed by atoms with Crippen molar-refractivity contribution in [2.75, 3.05) is 32.8 Å². The Bertz CT molecular complexity index is 191. The quantitative estimate of drug-likeness (QED) is 0.641. The number of carbonyl (C=O) groups excluding carboxylic acids is 1. The Morgan fingerprint density at radius 3 is 2.71 bits per heavy atom. The van der Waals surface area contributed by atoms with Crippen LogP contribution in [0.15, 0.2) is 0 Å². The number of ether oxygens (including phenoxy) is 1. The van der Waals surface area contributed by atoms with Crippen LogP contribution in [-0.4, -0.2) is 38.8 Å². The third-order valence-corrected chi connectivity index (χ3v) is 2.31. The van der Waals surface area contributed by atoms with Gasteiger partial charge in [-0.3, -0.25) is 4.79 Å². The minimum atomic E-state index is 0.0793. The summed E-state index contributed by atoms with van der Waals surface area (Å²) < 4.78 is 5.12. The maximum Gasteiger partial charge on any atom is 0.233 e. The van der Waals surface area contributed by atoms with Crippen LogP contribution in [0.2, 0.25) is 0 Å². The molecule has 1 amide bonds. The summed E-state index contributed by atoms with van der Waals surface area (Å²) in [6.45, 7) is 7.84. The van der Waals surface area contributed by atoms with E-state index in [4.69, 9.17) is 4.74 Å². The highest BCUT2D eigenvalue weighted by Crippen LogP contribution is 2.24. The molecule has 0 spiro atoms. The van der Waals surface area contributed by atoms with Crippen molar-refractivity contribution in [1.82, 2.24) is 10.6 Å². The van der Waals surface area contributed by atoms with Crippen LogP contribution in [0.4, 0.5) is 0 Å². The molecule has 1 fully saturated rings. The fraction of sp³-hybridized carbons (Fsp3) is 0.900. The fourth-order valence-electron chi connectivity index (χ4n) is 1.36. The maximum absolute atomic E-state index is 11.2. The molecule has 0 unspecified atom stereocenters. The van der Waals surface area contributed by atoms with E-state index in [0.717, 1.165) is 32.7 Å². The van der Waals surface area contributed by atoms with E-state index in [1.54, 1.807) is 0 Å². The first-order valence-electron chi connectivity index (χ1n) is 5.21. The Labute approximate surface area is 85.4 Å². The molecule has 1 aliphatic heterocycles. The van der Waals surface area contributed by atoms with Gasteiger partial charge in [0.05, 0.1) is 19.8 Å². The van der Waals surface area contributed by atoms with E-state index in [-0.39, 0.29) is 11.3 Å². The first kappa shape index (κ1) is 11.5. The predicted octanol–water partition coefficient (Wildman–Crippen LogP) is 0.139. The average Bonchev–Trinajstić information content (AvgIpc) is 2.12. The number of nitrogens with one attached hydrogen (secondary N) is 2. The molecule has 0 aromatic carbocycles. The Morgan fingerprint density at radius 2 is 2.21 bits per heavy atom. The zero-order chi connectivity index (χ0) is 10.4. The molecule has 1 heterocycles. The van der Waals surface area contributed by atoms with Crippen LogP contribution in [0.5, 0.6) is 0 Å². The van der Waals surface area contributed by atoms with Crippen molar-refractivity contribution in [3.05, 3.63) is 0 Å². The van der Waals surface area contributed by atoms with E-state index in [1.165, 1.54) is 0 Å². The van der Waals surface area contributed by atoms with Gasteiger partial charge in [-0.1, -0.05) is 13.8 Å². The van der Waals surface area contributed by atoms with Crippen LogP contribution in [0.3, 0.4) is 0 Å².